The van der Waals surface area contributed by atoms with Crippen LogP contribution >= 0.6 is 0 Å². The molecule has 2 rings (SSSR count). The number of nitro benzene ring substituents is 1. The number of rotatable bonds is 8. The average Bonchev–Trinajstić information content (AvgIpc) is 2.64. The van der Waals surface area contributed by atoms with E-state index in [1.807, 2.05) is 24.3 Å². The maximum atomic E-state index is 11.8. The number of benzene rings is 2. The van der Waals surface area contributed by atoms with Crippen molar-refractivity contribution in [1.29, 1.82) is 0 Å². The Morgan fingerprint density at radius 3 is 2.68 bits per heavy atom. The molecule has 0 aliphatic rings. The Morgan fingerprint density at radius 1 is 1.24 bits per heavy atom. The fourth-order valence-electron chi connectivity index (χ4n) is 2.27. The summed E-state index contributed by atoms with van der Waals surface area (Å²) in [7, 11) is 1.63. The molecule has 0 aliphatic carbocycles. The van der Waals surface area contributed by atoms with Crippen LogP contribution in [0.15, 0.2) is 54.6 Å². The van der Waals surface area contributed by atoms with Crippen LogP contribution in [0.25, 0.3) is 6.08 Å². The topological polar surface area (TPSA) is 81.5 Å². The largest absolute Gasteiger partial charge is 0.497 e. The minimum atomic E-state index is -0.462. The van der Waals surface area contributed by atoms with Gasteiger partial charge in [0.2, 0.25) is 5.91 Å². The van der Waals surface area contributed by atoms with Gasteiger partial charge in [-0.2, -0.15) is 0 Å². The Labute approximate surface area is 146 Å². The van der Waals surface area contributed by atoms with Crippen LogP contribution in [0.3, 0.4) is 0 Å². The fourth-order valence-corrected chi connectivity index (χ4v) is 2.27. The van der Waals surface area contributed by atoms with Crippen molar-refractivity contribution in [2.75, 3.05) is 13.7 Å². The summed E-state index contributed by atoms with van der Waals surface area (Å²) in [5.74, 6) is 0.601. The molecule has 6 nitrogen and oxygen atoms in total. The molecule has 6 heteroatoms. The zero-order valence-corrected chi connectivity index (χ0v) is 14.0. The highest BCUT2D eigenvalue weighted by Gasteiger charge is 2.04. The van der Waals surface area contributed by atoms with Crippen molar-refractivity contribution in [3.8, 4) is 5.75 Å². The fraction of sp³-hybridized carbons (Fsp3) is 0.211. The van der Waals surface area contributed by atoms with Crippen LogP contribution in [0.4, 0.5) is 5.69 Å². The summed E-state index contributed by atoms with van der Waals surface area (Å²) in [4.78, 5) is 22.0. The summed E-state index contributed by atoms with van der Waals surface area (Å²) in [6, 6.07) is 14.0. The molecular formula is C19H20N2O4. The summed E-state index contributed by atoms with van der Waals surface area (Å²) in [6.07, 6.45) is 4.62. The lowest BCUT2D eigenvalue weighted by atomic mass is 10.1. The molecule has 25 heavy (non-hydrogen) atoms. The van der Waals surface area contributed by atoms with Crippen molar-refractivity contribution in [2.45, 2.75) is 12.8 Å². The van der Waals surface area contributed by atoms with E-state index in [1.165, 1.54) is 23.8 Å². The van der Waals surface area contributed by atoms with E-state index >= 15 is 0 Å². The van der Waals surface area contributed by atoms with E-state index in [0.717, 1.165) is 18.6 Å². The monoisotopic (exact) mass is 340 g/mol. The van der Waals surface area contributed by atoms with Gasteiger partial charge in [0.1, 0.15) is 5.75 Å². The quantitative estimate of drug-likeness (QED) is 0.346. The van der Waals surface area contributed by atoms with E-state index in [0.29, 0.717) is 12.1 Å². The number of nitro groups is 1. The Bertz CT molecular complexity index is 754. The first-order valence-corrected chi connectivity index (χ1v) is 7.92. The maximum Gasteiger partial charge on any atom is 0.270 e. The molecular weight excluding hydrogens is 320 g/mol. The molecule has 0 aliphatic heterocycles. The normalized spacial score (nSPS) is 10.6. The molecule has 1 N–H and O–H groups in total. The van der Waals surface area contributed by atoms with Gasteiger partial charge in [0.15, 0.2) is 0 Å². The van der Waals surface area contributed by atoms with Gasteiger partial charge in [-0.25, -0.2) is 0 Å². The van der Waals surface area contributed by atoms with Crippen molar-refractivity contribution in [3.63, 3.8) is 0 Å². The zero-order chi connectivity index (χ0) is 18.1. The van der Waals surface area contributed by atoms with Crippen molar-refractivity contribution in [2.24, 2.45) is 0 Å². The third kappa shape index (κ3) is 6.10. The van der Waals surface area contributed by atoms with Crippen LogP contribution in [0, 0.1) is 10.1 Å². The lowest BCUT2D eigenvalue weighted by molar-refractivity contribution is -0.384. The lowest BCUT2D eigenvalue weighted by Gasteiger charge is -2.04. The Hall–Kier alpha value is -3.15. The van der Waals surface area contributed by atoms with Crippen molar-refractivity contribution in [3.05, 3.63) is 75.8 Å². The molecule has 130 valence electrons. The number of non-ortho nitro benzene ring substituents is 1. The smallest absolute Gasteiger partial charge is 0.270 e. The van der Waals surface area contributed by atoms with Gasteiger partial charge < -0.3 is 10.1 Å². The summed E-state index contributed by atoms with van der Waals surface area (Å²) < 4.78 is 5.11. The van der Waals surface area contributed by atoms with Gasteiger partial charge in [0.05, 0.1) is 12.0 Å². The number of nitrogens with zero attached hydrogens (tertiary/aromatic N) is 1. The standard InChI is InChI=1S/C19H20N2O4/c1-25-18-10-7-15(8-11-18)5-3-13-20-19(22)12-9-16-4-2-6-17(14-16)21(23)24/h2,4,6-12,14H,3,5,13H2,1H3,(H,20,22)/b12-9+. The molecule has 2 aromatic rings. The second-order valence-electron chi connectivity index (χ2n) is 5.43. The van der Waals surface area contributed by atoms with Gasteiger partial charge in [-0.1, -0.05) is 24.3 Å². The number of hydrogen-bond donors (Lipinski definition) is 1. The number of carbonyl (C=O) groups is 1. The SMILES string of the molecule is COc1ccc(CCCNC(=O)/C=C/c2cccc([N+](=O)[O-])c2)cc1. The first-order valence-electron chi connectivity index (χ1n) is 7.92. The van der Waals surface area contributed by atoms with Crippen LogP contribution in [0.1, 0.15) is 17.5 Å². The molecule has 0 heterocycles. The predicted octanol–water partition coefficient (Wildman–Crippen LogP) is 3.37. The van der Waals surface area contributed by atoms with Gasteiger partial charge >= 0.3 is 0 Å². The minimum absolute atomic E-state index is 0.00190. The third-order valence-corrected chi connectivity index (χ3v) is 3.61. The molecule has 0 saturated heterocycles. The van der Waals surface area contributed by atoms with E-state index in [9.17, 15) is 14.9 Å². The van der Waals surface area contributed by atoms with Gasteiger partial charge in [0.25, 0.3) is 5.69 Å². The third-order valence-electron chi connectivity index (χ3n) is 3.61. The van der Waals surface area contributed by atoms with Crippen LogP contribution in [0.5, 0.6) is 5.75 Å². The summed E-state index contributed by atoms with van der Waals surface area (Å²) in [5, 5.41) is 13.5. The Morgan fingerprint density at radius 2 is 2.00 bits per heavy atom. The molecule has 0 aromatic heterocycles. The molecule has 0 atom stereocenters. The summed E-state index contributed by atoms with van der Waals surface area (Å²) in [6.45, 7) is 0.560. The van der Waals surface area contributed by atoms with Gasteiger partial charge in [-0.3, -0.25) is 14.9 Å². The van der Waals surface area contributed by atoms with Crippen molar-refractivity contribution >= 4 is 17.7 Å². The second-order valence-corrected chi connectivity index (χ2v) is 5.43. The number of aryl methyl sites for hydroxylation is 1. The second kappa shape index (κ2) is 9.22. The van der Waals surface area contributed by atoms with E-state index in [1.54, 1.807) is 25.3 Å². The van der Waals surface area contributed by atoms with Crippen LogP contribution in [0.2, 0.25) is 0 Å². The minimum Gasteiger partial charge on any atom is -0.497 e. The van der Waals surface area contributed by atoms with Gasteiger partial charge in [-0.15, -0.1) is 0 Å². The van der Waals surface area contributed by atoms with Crippen molar-refractivity contribution < 1.29 is 14.5 Å². The highest BCUT2D eigenvalue weighted by molar-refractivity contribution is 5.91. The highest BCUT2D eigenvalue weighted by Crippen LogP contribution is 2.14. The van der Waals surface area contributed by atoms with Crippen molar-refractivity contribution in [1.82, 2.24) is 5.32 Å². The van der Waals surface area contributed by atoms with E-state index < -0.39 is 4.92 Å². The lowest BCUT2D eigenvalue weighted by Crippen LogP contribution is -2.22. The molecule has 2 aromatic carbocycles. The summed E-state index contributed by atoms with van der Waals surface area (Å²) >= 11 is 0. The van der Waals surface area contributed by atoms with Gasteiger partial charge in [0, 0.05) is 24.8 Å². The van der Waals surface area contributed by atoms with Crippen LogP contribution in [-0.4, -0.2) is 24.5 Å². The van der Waals surface area contributed by atoms with Crippen LogP contribution in [-0.2, 0) is 11.2 Å². The van der Waals surface area contributed by atoms with Gasteiger partial charge in [-0.05, 0) is 42.2 Å². The predicted molar refractivity (Wildman–Crippen MR) is 96.5 cm³/mol. The highest BCUT2D eigenvalue weighted by atomic mass is 16.6. The van der Waals surface area contributed by atoms with Crippen LogP contribution < -0.4 is 10.1 Å². The number of amides is 1. The number of carbonyl (C=O) groups excluding carboxylic acids is 1. The van der Waals surface area contributed by atoms with E-state index in [4.69, 9.17) is 4.74 Å². The molecule has 0 unspecified atom stereocenters. The Kier molecular flexibility index (Phi) is 6.71. The molecule has 1 amide bonds. The number of methoxy groups -OCH3 is 1. The molecule has 0 saturated carbocycles. The molecule has 0 fully saturated rings. The maximum absolute atomic E-state index is 11.8. The van der Waals surface area contributed by atoms with E-state index in [2.05, 4.69) is 5.32 Å². The van der Waals surface area contributed by atoms with E-state index in [-0.39, 0.29) is 11.6 Å². The average molecular weight is 340 g/mol. The molecule has 0 bridgehead atoms. The Balaban J connectivity index is 1.74. The zero-order valence-electron chi connectivity index (χ0n) is 14.0. The number of ether oxygens (including phenoxy) is 1. The number of nitrogens with one attached hydrogen (secondary N) is 1. The number of hydrogen-bond acceptors (Lipinski definition) is 4. The summed E-state index contributed by atoms with van der Waals surface area (Å²) in [5.41, 5.74) is 1.80. The first kappa shape index (κ1) is 18.2. The molecule has 0 spiro atoms. The first-order chi connectivity index (χ1) is 12.1. The molecule has 0 radical (unpaired) electrons.